The lowest BCUT2D eigenvalue weighted by Gasteiger charge is -2.12. The lowest BCUT2D eigenvalue weighted by atomic mass is 9.91. The fourth-order valence-corrected chi connectivity index (χ4v) is 2.26. The molecule has 0 aliphatic carbocycles. The van der Waals surface area contributed by atoms with Crippen molar-refractivity contribution in [2.24, 2.45) is 0 Å². The van der Waals surface area contributed by atoms with Crippen molar-refractivity contribution in [3.63, 3.8) is 0 Å². The molecule has 2 rings (SSSR count). The van der Waals surface area contributed by atoms with Gasteiger partial charge in [0.25, 0.3) is 0 Å². The number of aryl methyl sites for hydroxylation is 1. The van der Waals surface area contributed by atoms with E-state index in [1.165, 1.54) is 5.56 Å². The molecule has 0 aliphatic rings. The minimum atomic E-state index is 0.220. The number of nitriles is 1. The molecule has 0 fully saturated rings. The van der Waals surface area contributed by atoms with Crippen LogP contribution in [0.3, 0.4) is 0 Å². The topological polar surface area (TPSA) is 44.0 Å². The highest BCUT2D eigenvalue weighted by molar-refractivity contribution is 5.75. The van der Waals surface area contributed by atoms with Gasteiger partial charge in [0, 0.05) is 5.56 Å². The van der Waals surface area contributed by atoms with Crippen molar-refractivity contribution in [2.75, 3.05) is 0 Å². The Morgan fingerprint density at radius 1 is 1.22 bits per heavy atom. The van der Waals surface area contributed by atoms with Crippen LogP contribution in [0.15, 0.2) is 36.4 Å². The van der Waals surface area contributed by atoms with Crippen LogP contribution in [0.5, 0.6) is 5.75 Å². The molecule has 0 bridgehead atoms. The molecule has 90 valence electrons. The summed E-state index contributed by atoms with van der Waals surface area (Å²) in [6.07, 6.45) is 0.934. The minimum Gasteiger partial charge on any atom is -0.508 e. The molecule has 2 nitrogen and oxygen atoms in total. The highest BCUT2D eigenvalue weighted by atomic mass is 16.3. The molecule has 0 saturated heterocycles. The van der Waals surface area contributed by atoms with Gasteiger partial charge in [-0.1, -0.05) is 25.1 Å². The summed E-state index contributed by atoms with van der Waals surface area (Å²) in [6.45, 7) is 4.12. The van der Waals surface area contributed by atoms with Gasteiger partial charge in [0.2, 0.25) is 0 Å². The summed E-state index contributed by atoms with van der Waals surface area (Å²) in [6, 6.07) is 13.1. The largest absolute Gasteiger partial charge is 0.508 e. The molecule has 0 aliphatic heterocycles. The predicted molar refractivity (Wildman–Crippen MR) is 72.4 cm³/mol. The number of nitrogens with zero attached hydrogens (tertiary/aromatic N) is 1. The first-order chi connectivity index (χ1) is 8.67. The lowest BCUT2D eigenvalue weighted by molar-refractivity contribution is 0.475. The Bertz CT molecular complexity index is 623. The highest BCUT2D eigenvalue weighted by Crippen LogP contribution is 2.31. The molecule has 18 heavy (non-hydrogen) atoms. The second-order valence-corrected chi connectivity index (χ2v) is 4.29. The van der Waals surface area contributed by atoms with E-state index in [1.807, 2.05) is 25.1 Å². The van der Waals surface area contributed by atoms with E-state index >= 15 is 0 Å². The molecule has 1 N–H and O–H groups in total. The van der Waals surface area contributed by atoms with Crippen LogP contribution in [-0.2, 0) is 6.42 Å². The minimum absolute atomic E-state index is 0.220. The SMILES string of the molecule is CCc1ccc(C#N)c(-c2cccc(O)c2)c1C. The van der Waals surface area contributed by atoms with Gasteiger partial charge in [-0.05, 0) is 48.2 Å². The van der Waals surface area contributed by atoms with Gasteiger partial charge in [0.15, 0.2) is 0 Å². The summed E-state index contributed by atoms with van der Waals surface area (Å²) in [7, 11) is 0. The average molecular weight is 237 g/mol. The zero-order valence-electron chi connectivity index (χ0n) is 10.6. The first-order valence-electron chi connectivity index (χ1n) is 5.99. The van der Waals surface area contributed by atoms with E-state index in [1.54, 1.807) is 18.2 Å². The van der Waals surface area contributed by atoms with E-state index in [2.05, 4.69) is 13.0 Å². The molecule has 2 heteroatoms. The second kappa shape index (κ2) is 4.93. The summed E-state index contributed by atoms with van der Waals surface area (Å²) in [5.41, 5.74) is 4.80. The second-order valence-electron chi connectivity index (χ2n) is 4.29. The summed E-state index contributed by atoms with van der Waals surface area (Å²) in [5.74, 6) is 0.220. The number of hydrogen-bond acceptors (Lipinski definition) is 2. The Balaban J connectivity index is 2.73. The van der Waals surface area contributed by atoms with Crippen LogP contribution in [0.25, 0.3) is 11.1 Å². The van der Waals surface area contributed by atoms with Crippen molar-refractivity contribution in [1.29, 1.82) is 5.26 Å². The van der Waals surface area contributed by atoms with Crippen LogP contribution in [0.1, 0.15) is 23.6 Å². The number of benzene rings is 2. The van der Waals surface area contributed by atoms with E-state index in [9.17, 15) is 10.4 Å². The number of hydrogen-bond donors (Lipinski definition) is 1. The predicted octanol–water partition coefficient (Wildman–Crippen LogP) is 3.80. The maximum Gasteiger partial charge on any atom is 0.116 e. The van der Waals surface area contributed by atoms with Crippen LogP contribution in [0.2, 0.25) is 0 Å². The third kappa shape index (κ3) is 2.08. The zero-order chi connectivity index (χ0) is 13.1. The van der Waals surface area contributed by atoms with Crippen molar-refractivity contribution in [3.8, 4) is 22.9 Å². The Morgan fingerprint density at radius 2 is 2.00 bits per heavy atom. The molecule has 2 aromatic carbocycles. The van der Waals surface area contributed by atoms with Crippen LogP contribution in [-0.4, -0.2) is 5.11 Å². The summed E-state index contributed by atoms with van der Waals surface area (Å²) < 4.78 is 0. The molecule has 0 saturated carbocycles. The van der Waals surface area contributed by atoms with Gasteiger partial charge >= 0.3 is 0 Å². The number of rotatable bonds is 2. The number of phenols is 1. The first-order valence-corrected chi connectivity index (χ1v) is 5.99. The van der Waals surface area contributed by atoms with Crippen molar-refractivity contribution in [3.05, 3.63) is 53.1 Å². The Hall–Kier alpha value is -2.27. The third-order valence-corrected chi connectivity index (χ3v) is 3.21. The normalized spacial score (nSPS) is 10.1. The fourth-order valence-electron chi connectivity index (χ4n) is 2.26. The van der Waals surface area contributed by atoms with Gasteiger partial charge in [-0.2, -0.15) is 5.26 Å². The molecular formula is C16H15NO. The van der Waals surface area contributed by atoms with Crippen molar-refractivity contribution < 1.29 is 5.11 Å². The molecule has 0 radical (unpaired) electrons. The van der Waals surface area contributed by atoms with Gasteiger partial charge in [-0.15, -0.1) is 0 Å². The highest BCUT2D eigenvalue weighted by Gasteiger charge is 2.11. The maximum absolute atomic E-state index is 9.57. The summed E-state index contributed by atoms with van der Waals surface area (Å²) >= 11 is 0. The Labute approximate surface area is 107 Å². The van der Waals surface area contributed by atoms with Crippen LogP contribution in [0, 0.1) is 18.3 Å². The number of aromatic hydroxyl groups is 1. The first kappa shape index (κ1) is 12.2. The van der Waals surface area contributed by atoms with Crippen LogP contribution >= 0.6 is 0 Å². The van der Waals surface area contributed by atoms with E-state index < -0.39 is 0 Å². The molecule has 0 heterocycles. The van der Waals surface area contributed by atoms with E-state index in [0.717, 1.165) is 23.1 Å². The fraction of sp³-hybridized carbons (Fsp3) is 0.188. The summed E-state index contributed by atoms with van der Waals surface area (Å²) in [5, 5.41) is 18.8. The maximum atomic E-state index is 9.57. The summed E-state index contributed by atoms with van der Waals surface area (Å²) in [4.78, 5) is 0. The van der Waals surface area contributed by atoms with E-state index in [0.29, 0.717) is 5.56 Å². The monoisotopic (exact) mass is 237 g/mol. The molecule has 2 aromatic rings. The van der Waals surface area contributed by atoms with Gasteiger partial charge in [0.1, 0.15) is 5.75 Å². The smallest absolute Gasteiger partial charge is 0.116 e. The van der Waals surface area contributed by atoms with Gasteiger partial charge in [-0.3, -0.25) is 0 Å². The Kier molecular flexibility index (Phi) is 3.34. The molecule has 0 atom stereocenters. The lowest BCUT2D eigenvalue weighted by Crippen LogP contribution is -1.94. The van der Waals surface area contributed by atoms with Gasteiger partial charge in [-0.25, -0.2) is 0 Å². The van der Waals surface area contributed by atoms with Crippen molar-refractivity contribution in [2.45, 2.75) is 20.3 Å². The molecule has 0 unspecified atom stereocenters. The van der Waals surface area contributed by atoms with E-state index in [-0.39, 0.29) is 5.75 Å². The van der Waals surface area contributed by atoms with Crippen molar-refractivity contribution >= 4 is 0 Å². The van der Waals surface area contributed by atoms with Crippen molar-refractivity contribution in [1.82, 2.24) is 0 Å². The van der Waals surface area contributed by atoms with Gasteiger partial charge in [0.05, 0.1) is 11.6 Å². The molecule has 0 amide bonds. The molecule has 0 spiro atoms. The molecular weight excluding hydrogens is 222 g/mol. The number of phenolic OH excluding ortho intramolecular Hbond substituents is 1. The van der Waals surface area contributed by atoms with Gasteiger partial charge < -0.3 is 5.11 Å². The Morgan fingerprint density at radius 3 is 2.61 bits per heavy atom. The average Bonchev–Trinajstić information content (AvgIpc) is 2.38. The zero-order valence-corrected chi connectivity index (χ0v) is 10.6. The van der Waals surface area contributed by atoms with Crippen LogP contribution < -0.4 is 0 Å². The van der Waals surface area contributed by atoms with E-state index in [4.69, 9.17) is 0 Å². The molecule has 0 aromatic heterocycles. The van der Waals surface area contributed by atoms with Crippen LogP contribution in [0.4, 0.5) is 0 Å². The standard InChI is InChI=1S/C16H15NO/c1-3-12-7-8-14(10-17)16(11(12)2)13-5-4-6-15(18)9-13/h4-9,18H,3H2,1-2H3. The quantitative estimate of drug-likeness (QED) is 0.863. The third-order valence-electron chi connectivity index (χ3n) is 3.21.